The molecule has 0 N–H and O–H groups in total. The van der Waals surface area contributed by atoms with Crippen molar-refractivity contribution in [2.75, 3.05) is 0 Å². The molecule has 1 aliphatic carbocycles. The number of halogens is 1. The van der Waals surface area contributed by atoms with E-state index in [-0.39, 0.29) is 0 Å². The minimum Gasteiger partial charge on any atom is -0.225 e. The largest absolute Gasteiger partial charge is 0.225 e. The highest BCUT2D eigenvalue weighted by atomic mass is 35.5. The summed E-state index contributed by atoms with van der Waals surface area (Å²) in [4.78, 5) is 10.7. The van der Waals surface area contributed by atoms with Crippen molar-refractivity contribution in [3.8, 4) is 0 Å². The highest BCUT2D eigenvalue weighted by Crippen LogP contribution is 2.42. The first-order chi connectivity index (χ1) is 6.84. The van der Waals surface area contributed by atoms with E-state index in [1.807, 2.05) is 0 Å². The second-order valence-electron chi connectivity index (χ2n) is 3.66. The van der Waals surface area contributed by atoms with Crippen molar-refractivity contribution in [1.82, 2.24) is 9.97 Å². The summed E-state index contributed by atoms with van der Waals surface area (Å²) in [6, 6.07) is 2.16. The number of hydrogen-bond donors (Lipinski definition) is 0. The molecular weight excluding hydrogens is 216 g/mol. The molecule has 3 rings (SSSR count). The van der Waals surface area contributed by atoms with Gasteiger partial charge in [0.15, 0.2) is 0 Å². The summed E-state index contributed by atoms with van der Waals surface area (Å²) in [5.41, 5.74) is 0. The predicted molar refractivity (Wildman–Crippen MR) is 59.0 cm³/mol. The highest BCUT2D eigenvalue weighted by Gasteiger charge is 2.22. The van der Waals surface area contributed by atoms with Gasteiger partial charge < -0.3 is 0 Å². The molecule has 1 aliphatic rings. The van der Waals surface area contributed by atoms with Crippen molar-refractivity contribution in [2.24, 2.45) is 0 Å². The fourth-order valence-corrected chi connectivity index (χ4v) is 3.15. The molecule has 0 unspecified atom stereocenters. The smallest absolute Gasteiger partial charge is 0.141 e. The number of hydrogen-bond acceptors (Lipinski definition) is 3. The first-order valence-corrected chi connectivity index (χ1v) is 5.94. The Morgan fingerprint density at radius 1 is 1.36 bits per heavy atom. The third-order valence-electron chi connectivity index (χ3n) is 2.81. The third-order valence-corrected chi connectivity index (χ3v) is 4.31. The molecule has 0 amide bonds. The Morgan fingerprint density at radius 3 is 2.86 bits per heavy atom. The number of rotatable bonds is 1. The molecule has 0 aliphatic heterocycles. The zero-order valence-corrected chi connectivity index (χ0v) is 9.11. The normalized spacial score (nSPS) is 17.2. The lowest BCUT2D eigenvalue weighted by molar-refractivity contribution is 0.426. The molecule has 14 heavy (non-hydrogen) atoms. The predicted octanol–water partition coefficient (Wildman–Crippen LogP) is 3.61. The Labute approximate surface area is 90.9 Å². The monoisotopic (exact) mass is 224 g/mol. The Kier molecular flexibility index (Phi) is 1.96. The van der Waals surface area contributed by atoms with Crippen LogP contribution in [0.15, 0.2) is 12.4 Å². The summed E-state index contributed by atoms with van der Waals surface area (Å²) in [5.74, 6) is 0.755. The number of fused-ring (bicyclic) bond motifs is 1. The molecule has 2 heterocycles. The van der Waals surface area contributed by atoms with E-state index < -0.39 is 0 Å². The lowest BCUT2D eigenvalue weighted by Crippen LogP contribution is -2.06. The lowest BCUT2D eigenvalue weighted by Gasteiger charge is -2.23. The molecule has 0 radical (unpaired) electrons. The Morgan fingerprint density at radius 2 is 2.21 bits per heavy atom. The van der Waals surface area contributed by atoms with Crippen molar-refractivity contribution in [3.63, 3.8) is 0 Å². The zero-order chi connectivity index (χ0) is 9.54. The van der Waals surface area contributed by atoms with E-state index in [0.29, 0.717) is 5.15 Å². The topological polar surface area (TPSA) is 25.8 Å². The van der Waals surface area contributed by atoms with Gasteiger partial charge in [0.05, 0.1) is 0 Å². The van der Waals surface area contributed by atoms with Crippen LogP contribution in [0.5, 0.6) is 0 Å². The first kappa shape index (κ1) is 8.62. The van der Waals surface area contributed by atoms with E-state index in [1.54, 1.807) is 11.3 Å². The van der Waals surface area contributed by atoms with Crippen LogP contribution in [0.3, 0.4) is 0 Å². The maximum absolute atomic E-state index is 5.99. The molecule has 1 saturated carbocycles. The maximum atomic E-state index is 5.99. The molecule has 0 spiro atoms. The highest BCUT2D eigenvalue weighted by molar-refractivity contribution is 7.18. The van der Waals surface area contributed by atoms with Crippen LogP contribution in [-0.2, 0) is 0 Å². The van der Waals surface area contributed by atoms with Crippen molar-refractivity contribution in [3.05, 3.63) is 22.4 Å². The summed E-state index contributed by atoms with van der Waals surface area (Å²) in [6.07, 6.45) is 5.53. The lowest BCUT2D eigenvalue weighted by atomic mass is 9.84. The van der Waals surface area contributed by atoms with Gasteiger partial charge in [-0.2, -0.15) is 0 Å². The van der Waals surface area contributed by atoms with Gasteiger partial charge in [0.1, 0.15) is 16.3 Å². The Balaban J connectivity index is 2.15. The van der Waals surface area contributed by atoms with Gasteiger partial charge >= 0.3 is 0 Å². The molecule has 0 aromatic carbocycles. The fraction of sp³-hybridized carbons (Fsp3) is 0.400. The summed E-state index contributed by atoms with van der Waals surface area (Å²) in [7, 11) is 0. The molecule has 2 aromatic heterocycles. The van der Waals surface area contributed by atoms with Crippen LogP contribution >= 0.6 is 22.9 Å². The van der Waals surface area contributed by atoms with Crippen LogP contribution in [0.4, 0.5) is 0 Å². The number of nitrogens with zero attached hydrogens (tertiary/aromatic N) is 2. The summed E-state index contributed by atoms with van der Waals surface area (Å²) in [6.45, 7) is 0. The average molecular weight is 225 g/mol. The average Bonchev–Trinajstić information content (AvgIpc) is 2.46. The number of aromatic nitrogens is 2. The first-order valence-electron chi connectivity index (χ1n) is 4.74. The third kappa shape index (κ3) is 1.23. The molecule has 2 nitrogen and oxygen atoms in total. The zero-order valence-electron chi connectivity index (χ0n) is 7.53. The van der Waals surface area contributed by atoms with Gasteiger partial charge in [-0.15, -0.1) is 11.3 Å². The van der Waals surface area contributed by atoms with Crippen LogP contribution in [0.25, 0.3) is 10.2 Å². The molecular formula is C10H9ClN2S. The Hall–Kier alpha value is -0.670. The van der Waals surface area contributed by atoms with Gasteiger partial charge in [-0.3, -0.25) is 0 Å². The van der Waals surface area contributed by atoms with Crippen molar-refractivity contribution >= 4 is 33.2 Å². The second-order valence-corrected chi connectivity index (χ2v) is 5.08. The summed E-state index contributed by atoms with van der Waals surface area (Å²) in [5, 5.41) is 1.60. The van der Waals surface area contributed by atoms with Gasteiger partial charge in [0.2, 0.25) is 0 Å². The number of thiophene rings is 1. The van der Waals surface area contributed by atoms with Crippen LogP contribution in [0, 0.1) is 0 Å². The van der Waals surface area contributed by atoms with Gasteiger partial charge in [-0.05, 0) is 24.8 Å². The maximum Gasteiger partial charge on any atom is 0.141 e. The van der Waals surface area contributed by atoms with Crippen molar-refractivity contribution in [1.29, 1.82) is 0 Å². The van der Waals surface area contributed by atoms with E-state index in [4.69, 9.17) is 11.6 Å². The molecule has 0 bridgehead atoms. The van der Waals surface area contributed by atoms with Crippen LogP contribution in [-0.4, -0.2) is 9.97 Å². The molecule has 0 saturated heterocycles. The standard InChI is InChI=1S/C10H9ClN2S/c11-9-7-4-8(6-2-1-3-6)14-10(7)13-5-12-9/h4-6H,1-3H2. The van der Waals surface area contributed by atoms with Crippen LogP contribution < -0.4 is 0 Å². The molecule has 0 atom stereocenters. The second kappa shape index (κ2) is 3.17. The van der Waals surface area contributed by atoms with Crippen molar-refractivity contribution in [2.45, 2.75) is 25.2 Å². The minimum absolute atomic E-state index is 0.580. The summed E-state index contributed by atoms with van der Waals surface area (Å²) < 4.78 is 0. The van der Waals surface area contributed by atoms with Gasteiger partial charge in [-0.1, -0.05) is 18.0 Å². The summed E-state index contributed by atoms with van der Waals surface area (Å²) >= 11 is 7.75. The van der Waals surface area contributed by atoms with Crippen molar-refractivity contribution < 1.29 is 0 Å². The van der Waals surface area contributed by atoms with E-state index >= 15 is 0 Å². The molecule has 1 fully saturated rings. The van der Waals surface area contributed by atoms with Gasteiger partial charge in [0, 0.05) is 10.3 Å². The van der Waals surface area contributed by atoms with Gasteiger partial charge in [-0.25, -0.2) is 9.97 Å². The van der Waals surface area contributed by atoms with Gasteiger partial charge in [0.25, 0.3) is 0 Å². The van der Waals surface area contributed by atoms with E-state index in [2.05, 4.69) is 16.0 Å². The van der Waals surface area contributed by atoms with Crippen LogP contribution in [0.1, 0.15) is 30.1 Å². The minimum atomic E-state index is 0.580. The van der Waals surface area contributed by atoms with E-state index in [0.717, 1.165) is 16.1 Å². The quantitative estimate of drug-likeness (QED) is 0.692. The Bertz CT molecular complexity index is 476. The fourth-order valence-electron chi connectivity index (χ4n) is 1.74. The van der Waals surface area contributed by atoms with E-state index in [1.165, 1.54) is 30.5 Å². The van der Waals surface area contributed by atoms with Crippen LogP contribution in [0.2, 0.25) is 5.15 Å². The molecule has 4 heteroatoms. The SMILES string of the molecule is Clc1ncnc2sc(C3CCC3)cc12. The molecule has 2 aromatic rings. The molecule has 72 valence electrons. The van der Waals surface area contributed by atoms with E-state index in [9.17, 15) is 0 Å².